The number of hydrogen-bond donors (Lipinski definition) is 1. The van der Waals surface area contributed by atoms with Crippen molar-refractivity contribution in [2.45, 2.75) is 11.8 Å². The topological polar surface area (TPSA) is 72.5 Å². The van der Waals surface area contributed by atoms with Crippen LogP contribution in [0, 0.1) is 0 Å². The minimum atomic E-state index is -3.80. The number of hydrogen-bond acceptors (Lipinski definition) is 4. The fourth-order valence-corrected chi connectivity index (χ4v) is 2.87. The van der Waals surface area contributed by atoms with Crippen molar-refractivity contribution in [3.05, 3.63) is 40.9 Å². The van der Waals surface area contributed by atoms with Gasteiger partial charge in [-0.3, -0.25) is 0 Å². The molecule has 0 aliphatic rings. The Morgan fingerprint density at radius 3 is 2.63 bits per heavy atom. The summed E-state index contributed by atoms with van der Waals surface area (Å²) in [6.45, 7) is 5.39. The zero-order chi connectivity index (χ0) is 14.6. The third-order valence-corrected chi connectivity index (χ3v) is 4.09. The van der Waals surface area contributed by atoms with Crippen LogP contribution in [0.4, 0.5) is 0 Å². The van der Waals surface area contributed by atoms with Gasteiger partial charge >= 0.3 is 5.97 Å². The molecule has 1 aromatic carbocycles. The first-order valence-corrected chi connectivity index (χ1v) is 7.16. The lowest BCUT2D eigenvalue weighted by Crippen LogP contribution is -2.25. The summed E-state index contributed by atoms with van der Waals surface area (Å²) in [7, 11) is -2.59. The Labute approximate surface area is 117 Å². The second-order valence-electron chi connectivity index (χ2n) is 3.92. The van der Waals surface area contributed by atoms with Gasteiger partial charge in [-0.15, -0.1) is 0 Å². The molecule has 0 heterocycles. The van der Waals surface area contributed by atoms with E-state index in [0.29, 0.717) is 5.57 Å². The molecule has 0 saturated carbocycles. The van der Waals surface area contributed by atoms with Crippen LogP contribution < -0.4 is 4.72 Å². The van der Waals surface area contributed by atoms with Gasteiger partial charge in [0.05, 0.1) is 17.7 Å². The van der Waals surface area contributed by atoms with Gasteiger partial charge in [0.1, 0.15) is 4.90 Å². The maximum absolute atomic E-state index is 12.0. The van der Waals surface area contributed by atoms with E-state index in [1.54, 1.807) is 6.92 Å². The van der Waals surface area contributed by atoms with Crippen LogP contribution >= 0.6 is 11.6 Å². The summed E-state index contributed by atoms with van der Waals surface area (Å²) < 4.78 is 30.9. The van der Waals surface area contributed by atoms with Crippen LogP contribution in [0.3, 0.4) is 0 Å². The molecule has 1 aromatic rings. The van der Waals surface area contributed by atoms with Crippen LogP contribution in [0.2, 0.25) is 5.02 Å². The second-order valence-corrected chi connectivity index (χ2v) is 6.06. The Kier molecular flexibility index (Phi) is 5.11. The molecule has 1 rings (SSSR count). The highest BCUT2D eigenvalue weighted by atomic mass is 35.5. The Balaban J connectivity index is 3.18. The smallest absolute Gasteiger partial charge is 0.337 e. The minimum Gasteiger partial charge on any atom is -0.465 e. The Morgan fingerprint density at radius 1 is 1.47 bits per heavy atom. The van der Waals surface area contributed by atoms with E-state index in [-0.39, 0.29) is 22.0 Å². The summed E-state index contributed by atoms with van der Waals surface area (Å²) in [4.78, 5) is 11.2. The van der Waals surface area contributed by atoms with Gasteiger partial charge < -0.3 is 4.74 Å². The first kappa shape index (κ1) is 15.7. The van der Waals surface area contributed by atoms with E-state index in [4.69, 9.17) is 11.6 Å². The standard InChI is InChI=1S/C12H14ClNO4S/c1-8(2)7-14-19(16,17)11-6-9(12(15)18-3)4-5-10(11)13/h4-6,14H,1,7H2,2-3H3. The van der Waals surface area contributed by atoms with E-state index in [0.717, 1.165) is 0 Å². The van der Waals surface area contributed by atoms with Gasteiger partial charge in [-0.2, -0.15) is 0 Å². The molecular formula is C12H14ClNO4S. The number of benzene rings is 1. The molecule has 19 heavy (non-hydrogen) atoms. The summed E-state index contributed by atoms with van der Waals surface area (Å²) in [5.41, 5.74) is 0.770. The third kappa shape index (κ3) is 4.05. The van der Waals surface area contributed by atoms with Crippen molar-refractivity contribution in [2.75, 3.05) is 13.7 Å². The predicted molar refractivity (Wildman–Crippen MR) is 72.8 cm³/mol. The molecule has 104 valence electrons. The fourth-order valence-electron chi connectivity index (χ4n) is 1.25. The van der Waals surface area contributed by atoms with Crippen LogP contribution in [0.25, 0.3) is 0 Å². The molecule has 5 nitrogen and oxygen atoms in total. The average Bonchev–Trinajstić information content (AvgIpc) is 2.36. The van der Waals surface area contributed by atoms with Gasteiger partial charge in [0.2, 0.25) is 10.0 Å². The maximum atomic E-state index is 12.0. The molecule has 0 amide bonds. The number of sulfonamides is 1. The zero-order valence-corrected chi connectivity index (χ0v) is 12.1. The first-order valence-electron chi connectivity index (χ1n) is 5.30. The lowest BCUT2D eigenvalue weighted by molar-refractivity contribution is 0.0600. The molecule has 0 spiro atoms. The Bertz CT molecular complexity index is 610. The minimum absolute atomic E-state index is 0.0295. The van der Waals surface area contributed by atoms with E-state index >= 15 is 0 Å². The van der Waals surface area contributed by atoms with Crippen molar-refractivity contribution in [2.24, 2.45) is 0 Å². The summed E-state index contributed by atoms with van der Waals surface area (Å²) in [5, 5.41) is 0.0295. The van der Waals surface area contributed by atoms with Crippen molar-refractivity contribution in [3.8, 4) is 0 Å². The van der Waals surface area contributed by atoms with Gasteiger partial charge in [-0.1, -0.05) is 23.8 Å². The summed E-state index contributed by atoms with van der Waals surface area (Å²) in [6, 6.07) is 3.91. The SMILES string of the molecule is C=C(C)CNS(=O)(=O)c1cc(C(=O)OC)ccc1Cl. The van der Waals surface area contributed by atoms with Crippen molar-refractivity contribution in [3.63, 3.8) is 0 Å². The van der Waals surface area contributed by atoms with E-state index in [1.165, 1.54) is 25.3 Å². The van der Waals surface area contributed by atoms with Gasteiger partial charge in [0.25, 0.3) is 0 Å². The molecule has 0 atom stereocenters. The van der Waals surface area contributed by atoms with Crippen molar-refractivity contribution in [1.29, 1.82) is 0 Å². The molecule has 0 aliphatic carbocycles. The highest BCUT2D eigenvalue weighted by Gasteiger charge is 2.20. The van der Waals surface area contributed by atoms with Gasteiger partial charge in [-0.25, -0.2) is 17.9 Å². The lowest BCUT2D eigenvalue weighted by Gasteiger charge is -2.09. The number of esters is 1. The first-order chi connectivity index (χ1) is 8.77. The van der Waals surface area contributed by atoms with Crippen LogP contribution in [0.1, 0.15) is 17.3 Å². The van der Waals surface area contributed by atoms with E-state index in [9.17, 15) is 13.2 Å². The summed E-state index contributed by atoms with van der Waals surface area (Å²) in [5.74, 6) is -0.631. The van der Waals surface area contributed by atoms with Crippen molar-refractivity contribution >= 4 is 27.6 Å². The molecule has 0 radical (unpaired) electrons. The quantitative estimate of drug-likeness (QED) is 0.667. The van der Waals surface area contributed by atoms with Crippen LogP contribution in [-0.2, 0) is 14.8 Å². The molecule has 0 saturated heterocycles. The molecular weight excluding hydrogens is 290 g/mol. The fraction of sp³-hybridized carbons (Fsp3) is 0.250. The van der Waals surface area contributed by atoms with E-state index in [2.05, 4.69) is 16.0 Å². The average molecular weight is 304 g/mol. The molecule has 0 fully saturated rings. The van der Waals surface area contributed by atoms with Crippen molar-refractivity contribution in [1.82, 2.24) is 4.72 Å². The molecule has 1 N–H and O–H groups in total. The molecule has 0 aromatic heterocycles. The Hall–Kier alpha value is -1.37. The zero-order valence-electron chi connectivity index (χ0n) is 10.6. The third-order valence-electron chi connectivity index (χ3n) is 2.21. The van der Waals surface area contributed by atoms with Crippen LogP contribution in [-0.4, -0.2) is 28.0 Å². The number of rotatable bonds is 5. The van der Waals surface area contributed by atoms with Gasteiger partial charge in [-0.05, 0) is 25.1 Å². The van der Waals surface area contributed by atoms with Crippen molar-refractivity contribution < 1.29 is 17.9 Å². The number of halogens is 1. The van der Waals surface area contributed by atoms with Gasteiger partial charge in [0.15, 0.2) is 0 Å². The molecule has 0 bridgehead atoms. The largest absolute Gasteiger partial charge is 0.465 e. The number of ether oxygens (including phenoxy) is 1. The summed E-state index contributed by atoms with van der Waals surface area (Å²) in [6.07, 6.45) is 0. The maximum Gasteiger partial charge on any atom is 0.337 e. The molecule has 7 heteroatoms. The lowest BCUT2D eigenvalue weighted by atomic mass is 10.2. The molecule has 0 aliphatic heterocycles. The Morgan fingerprint density at radius 2 is 2.11 bits per heavy atom. The highest BCUT2D eigenvalue weighted by Crippen LogP contribution is 2.23. The van der Waals surface area contributed by atoms with Crippen LogP contribution in [0.5, 0.6) is 0 Å². The summed E-state index contributed by atoms with van der Waals surface area (Å²) >= 11 is 5.85. The second kappa shape index (κ2) is 6.18. The number of nitrogens with one attached hydrogen (secondary N) is 1. The van der Waals surface area contributed by atoms with E-state index < -0.39 is 16.0 Å². The van der Waals surface area contributed by atoms with E-state index in [1.807, 2.05) is 0 Å². The van der Waals surface area contributed by atoms with Gasteiger partial charge in [0, 0.05) is 6.54 Å². The number of carbonyl (C=O) groups is 1. The number of carbonyl (C=O) groups excluding carboxylic acids is 1. The normalized spacial score (nSPS) is 11.1. The monoisotopic (exact) mass is 303 g/mol. The van der Waals surface area contributed by atoms with Crippen LogP contribution in [0.15, 0.2) is 35.2 Å². The number of methoxy groups -OCH3 is 1. The predicted octanol–water partition coefficient (Wildman–Crippen LogP) is 1.98. The molecule has 0 unspecified atom stereocenters. The highest BCUT2D eigenvalue weighted by molar-refractivity contribution is 7.89.